The number of alkyl halides is 3. The van der Waals surface area contributed by atoms with Gasteiger partial charge in [-0.3, -0.25) is 9.52 Å². The highest BCUT2D eigenvalue weighted by Crippen LogP contribution is 2.40. The molecule has 0 aromatic heterocycles. The number of carbonyl (C=O) groups excluding carboxylic acids is 1. The normalized spacial score (nSPS) is 17.9. The Morgan fingerprint density at radius 1 is 1.12 bits per heavy atom. The molecule has 0 radical (unpaired) electrons. The molecule has 0 spiro atoms. The van der Waals surface area contributed by atoms with Gasteiger partial charge in [0.1, 0.15) is 10.6 Å². The van der Waals surface area contributed by atoms with Gasteiger partial charge in [0.15, 0.2) is 0 Å². The van der Waals surface area contributed by atoms with Crippen molar-refractivity contribution in [3.8, 4) is 5.75 Å². The minimum Gasteiger partial charge on any atom is -0.495 e. The van der Waals surface area contributed by atoms with Crippen LogP contribution in [0.15, 0.2) is 47.4 Å². The first-order valence-electron chi connectivity index (χ1n) is 9.05. The lowest BCUT2D eigenvalue weighted by Crippen LogP contribution is -2.33. The molecule has 0 atom stereocenters. The molecule has 8 nitrogen and oxygen atoms in total. The van der Waals surface area contributed by atoms with Gasteiger partial charge in [0.2, 0.25) is 15.9 Å². The maximum atomic E-state index is 13.3. The van der Waals surface area contributed by atoms with Gasteiger partial charge in [-0.05, 0) is 44.2 Å². The molecule has 1 heterocycles. The molecule has 13 heteroatoms. The second kappa shape index (κ2) is 7.66. The van der Waals surface area contributed by atoms with Crippen molar-refractivity contribution in [1.82, 2.24) is 0 Å². The molecular weight excluding hydrogens is 473 g/mol. The van der Waals surface area contributed by atoms with Gasteiger partial charge in [-0.1, -0.05) is 12.1 Å². The molecule has 32 heavy (non-hydrogen) atoms. The van der Waals surface area contributed by atoms with E-state index in [0.717, 1.165) is 31.4 Å². The molecule has 1 aliphatic rings. The first-order chi connectivity index (χ1) is 14.6. The number of benzene rings is 2. The van der Waals surface area contributed by atoms with Crippen LogP contribution in [0.5, 0.6) is 5.75 Å². The molecule has 1 N–H and O–H groups in total. The fraction of sp³-hybridized carbons (Fsp3) is 0.316. The predicted octanol–water partition coefficient (Wildman–Crippen LogP) is 3.22. The van der Waals surface area contributed by atoms with Crippen LogP contribution in [0, 0.1) is 5.41 Å². The van der Waals surface area contributed by atoms with Gasteiger partial charge < -0.3 is 4.74 Å². The van der Waals surface area contributed by atoms with Gasteiger partial charge in [-0.15, -0.1) is 0 Å². The molecule has 1 fully saturated rings. The standard InChI is InChI=1S/C19H19F3N2O6S2/c1-18(2)11-31(26,27)24(17(18)25)12-8-9-15(30-3)16(10-12)32(28,29)23-14-7-5-4-6-13(14)19(20,21)22/h4-10,23H,11H2,1-3H3. The van der Waals surface area contributed by atoms with Gasteiger partial charge in [0.25, 0.3) is 10.0 Å². The van der Waals surface area contributed by atoms with Crippen molar-refractivity contribution in [2.24, 2.45) is 5.41 Å². The summed E-state index contributed by atoms with van der Waals surface area (Å²) in [7, 11) is -7.63. The van der Waals surface area contributed by atoms with Gasteiger partial charge in [0, 0.05) is 0 Å². The number of amides is 1. The van der Waals surface area contributed by atoms with E-state index in [1.165, 1.54) is 26.0 Å². The highest BCUT2D eigenvalue weighted by Gasteiger charge is 2.50. The number of anilines is 2. The first-order valence-corrected chi connectivity index (χ1v) is 12.1. The van der Waals surface area contributed by atoms with Crippen LogP contribution in [0.25, 0.3) is 0 Å². The van der Waals surface area contributed by atoms with Crippen molar-refractivity contribution in [3.05, 3.63) is 48.0 Å². The molecule has 3 rings (SSSR count). The zero-order valence-electron chi connectivity index (χ0n) is 17.1. The minimum absolute atomic E-state index is 0.256. The van der Waals surface area contributed by atoms with E-state index in [-0.39, 0.29) is 11.4 Å². The molecule has 1 aliphatic heterocycles. The molecular formula is C19H19F3N2O6S2. The first kappa shape index (κ1) is 23.9. The van der Waals surface area contributed by atoms with E-state index < -0.39 is 59.4 Å². The van der Waals surface area contributed by atoms with E-state index in [1.54, 1.807) is 0 Å². The molecule has 1 amide bonds. The molecule has 174 valence electrons. The molecule has 1 saturated heterocycles. The fourth-order valence-electron chi connectivity index (χ4n) is 3.28. The van der Waals surface area contributed by atoms with Crippen LogP contribution in [0.3, 0.4) is 0 Å². The van der Waals surface area contributed by atoms with Gasteiger partial charge in [-0.25, -0.2) is 21.1 Å². The summed E-state index contributed by atoms with van der Waals surface area (Å²) in [6.07, 6.45) is -4.83. The van der Waals surface area contributed by atoms with E-state index in [0.29, 0.717) is 10.4 Å². The number of ether oxygens (including phenoxy) is 1. The molecule has 2 aromatic rings. The summed E-state index contributed by atoms with van der Waals surface area (Å²) in [5, 5.41) is 0. The van der Waals surface area contributed by atoms with E-state index in [4.69, 9.17) is 4.74 Å². The smallest absolute Gasteiger partial charge is 0.418 e. The molecule has 0 saturated carbocycles. The van der Waals surface area contributed by atoms with Crippen LogP contribution in [0.4, 0.5) is 24.5 Å². The van der Waals surface area contributed by atoms with E-state index in [1.807, 2.05) is 4.72 Å². The number of hydrogen-bond acceptors (Lipinski definition) is 6. The zero-order chi connectivity index (χ0) is 24.1. The summed E-state index contributed by atoms with van der Waals surface area (Å²) in [5.74, 6) is -1.50. The Labute approximate surface area is 183 Å². The highest BCUT2D eigenvalue weighted by molar-refractivity contribution is 7.94. The third-order valence-corrected chi connectivity index (χ3v) is 8.14. The summed E-state index contributed by atoms with van der Waals surface area (Å²) in [4.78, 5) is 12.0. The number of sulfonamides is 2. The lowest BCUT2D eigenvalue weighted by Gasteiger charge is -2.20. The lowest BCUT2D eigenvalue weighted by molar-refractivity contribution is -0.136. The largest absolute Gasteiger partial charge is 0.495 e. The number of halogens is 3. The summed E-state index contributed by atoms with van der Waals surface area (Å²) >= 11 is 0. The fourth-order valence-corrected chi connectivity index (χ4v) is 6.65. The van der Waals surface area contributed by atoms with Crippen molar-refractivity contribution < 1.29 is 39.5 Å². The van der Waals surface area contributed by atoms with Crippen LogP contribution in [-0.4, -0.2) is 35.6 Å². The van der Waals surface area contributed by atoms with Crippen LogP contribution in [-0.2, 0) is 31.0 Å². The second-order valence-electron chi connectivity index (χ2n) is 7.69. The quantitative estimate of drug-likeness (QED) is 0.687. The van der Waals surface area contributed by atoms with Crippen LogP contribution >= 0.6 is 0 Å². The maximum absolute atomic E-state index is 13.3. The minimum atomic E-state index is -4.83. The molecule has 0 unspecified atom stereocenters. The number of para-hydroxylation sites is 1. The van der Waals surface area contributed by atoms with Crippen molar-refractivity contribution in [3.63, 3.8) is 0 Å². The number of nitrogens with one attached hydrogen (secondary N) is 1. The number of methoxy groups -OCH3 is 1. The van der Waals surface area contributed by atoms with Crippen LogP contribution < -0.4 is 13.8 Å². The SMILES string of the molecule is COc1ccc(N2C(=O)C(C)(C)CS2(=O)=O)cc1S(=O)(=O)Nc1ccccc1C(F)(F)F. The summed E-state index contributed by atoms with van der Waals surface area (Å²) in [5.41, 5.74) is -3.44. The predicted molar refractivity (Wildman–Crippen MR) is 110 cm³/mol. The topological polar surface area (TPSA) is 110 Å². The zero-order valence-corrected chi connectivity index (χ0v) is 18.7. The maximum Gasteiger partial charge on any atom is 0.418 e. The lowest BCUT2D eigenvalue weighted by atomic mass is 9.95. The van der Waals surface area contributed by atoms with Crippen molar-refractivity contribution in [2.45, 2.75) is 24.9 Å². The highest BCUT2D eigenvalue weighted by atomic mass is 32.2. The monoisotopic (exact) mass is 492 g/mol. The number of carbonyl (C=O) groups is 1. The molecule has 0 bridgehead atoms. The average molecular weight is 492 g/mol. The van der Waals surface area contributed by atoms with Gasteiger partial charge >= 0.3 is 6.18 Å². The Kier molecular flexibility index (Phi) is 5.71. The Morgan fingerprint density at radius 2 is 1.75 bits per heavy atom. The van der Waals surface area contributed by atoms with Gasteiger partial charge in [0.05, 0.1) is 35.2 Å². The van der Waals surface area contributed by atoms with Crippen LogP contribution in [0.2, 0.25) is 0 Å². The van der Waals surface area contributed by atoms with Crippen LogP contribution in [0.1, 0.15) is 19.4 Å². The Hall–Kier alpha value is -2.80. The Morgan fingerprint density at radius 3 is 2.28 bits per heavy atom. The van der Waals surface area contributed by atoms with Crippen molar-refractivity contribution in [1.29, 1.82) is 0 Å². The number of rotatable bonds is 5. The van der Waals surface area contributed by atoms with E-state index >= 15 is 0 Å². The summed E-state index contributed by atoms with van der Waals surface area (Å²) in [6.45, 7) is 2.87. The third kappa shape index (κ3) is 4.26. The summed E-state index contributed by atoms with van der Waals surface area (Å²) < 4.78 is 98.2. The molecule has 2 aromatic carbocycles. The van der Waals surface area contributed by atoms with Gasteiger partial charge in [-0.2, -0.15) is 13.2 Å². The Bertz CT molecular complexity index is 1290. The third-order valence-electron chi connectivity index (χ3n) is 4.73. The summed E-state index contributed by atoms with van der Waals surface area (Å²) in [6, 6.07) is 7.14. The Balaban J connectivity index is 2.12. The number of hydrogen-bond donors (Lipinski definition) is 1. The van der Waals surface area contributed by atoms with Crippen molar-refractivity contribution >= 4 is 37.3 Å². The number of nitrogens with zero attached hydrogens (tertiary/aromatic N) is 1. The van der Waals surface area contributed by atoms with E-state index in [9.17, 15) is 34.8 Å². The van der Waals surface area contributed by atoms with Crippen molar-refractivity contribution in [2.75, 3.05) is 21.9 Å². The second-order valence-corrected chi connectivity index (χ2v) is 11.2. The average Bonchev–Trinajstić information content (AvgIpc) is 2.83. The molecule has 0 aliphatic carbocycles. The van der Waals surface area contributed by atoms with E-state index in [2.05, 4.69) is 0 Å².